The van der Waals surface area contributed by atoms with Crippen LogP contribution in [0.5, 0.6) is 0 Å². The van der Waals surface area contributed by atoms with Crippen LogP contribution in [0.25, 0.3) is 93.0 Å². The van der Waals surface area contributed by atoms with Gasteiger partial charge in [-0.2, -0.15) is 0 Å². The van der Waals surface area contributed by atoms with Gasteiger partial charge < -0.3 is 4.57 Å². The summed E-state index contributed by atoms with van der Waals surface area (Å²) in [6.07, 6.45) is 0. The van der Waals surface area contributed by atoms with Crippen molar-refractivity contribution in [3.05, 3.63) is 170 Å². The summed E-state index contributed by atoms with van der Waals surface area (Å²) in [6.45, 7) is 0. The Morgan fingerprint density at radius 1 is 0.340 bits per heavy atom. The number of hydrogen-bond acceptors (Lipinski definition) is 4. The Morgan fingerprint density at radius 3 is 1.54 bits per heavy atom. The van der Waals surface area contributed by atoms with Crippen LogP contribution in [-0.2, 0) is 0 Å². The molecule has 0 saturated carbocycles. The van der Waals surface area contributed by atoms with Gasteiger partial charge in [-0.05, 0) is 59.7 Å². The summed E-state index contributed by atoms with van der Waals surface area (Å²) < 4.78 is 4.89. The van der Waals surface area contributed by atoms with Gasteiger partial charge in [-0.3, -0.25) is 0 Å². The number of nitrogens with zero attached hydrogens (tertiary/aromatic N) is 4. The molecule has 0 saturated heterocycles. The number of aromatic nitrogens is 4. The fourth-order valence-electron chi connectivity index (χ4n) is 7.04. The minimum atomic E-state index is 0.658. The Labute approximate surface area is 292 Å². The molecule has 0 bridgehead atoms. The summed E-state index contributed by atoms with van der Waals surface area (Å²) in [4.78, 5) is 14.9. The normalized spacial score (nSPS) is 11.6. The van der Waals surface area contributed by atoms with E-state index in [1.54, 1.807) is 0 Å². The third-order valence-corrected chi connectivity index (χ3v) is 10.6. The Bertz CT molecular complexity index is 2800. The molecule has 5 heteroatoms. The van der Waals surface area contributed by atoms with Crippen LogP contribution in [0, 0.1) is 0 Å². The number of para-hydroxylation sites is 1. The fourth-order valence-corrected chi connectivity index (χ4v) is 8.11. The Hall–Kier alpha value is -6.43. The highest BCUT2D eigenvalue weighted by Crippen LogP contribution is 2.40. The molecule has 234 valence electrons. The van der Waals surface area contributed by atoms with Crippen LogP contribution in [-0.4, -0.2) is 19.5 Å². The van der Waals surface area contributed by atoms with Crippen molar-refractivity contribution in [2.75, 3.05) is 0 Å². The molecular weight excluding hydrogens is 629 g/mol. The average molecular weight is 657 g/mol. The number of fused-ring (bicyclic) bond motifs is 6. The van der Waals surface area contributed by atoms with Crippen molar-refractivity contribution in [1.29, 1.82) is 0 Å². The molecule has 4 nitrogen and oxygen atoms in total. The molecule has 10 aromatic rings. The van der Waals surface area contributed by atoms with E-state index in [-0.39, 0.29) is 0 Å². The number of thiophene rings is 1. The number of benzene rings is 7. The first-order valence-electron chi connectivity index (χ1n) is 16.7. The van der Waals surface area contributed by atoms with Gasteiger partial charge in [-0.15, -0.1) is 11.3 Å². The molecule has 10 rings (SSSR count). The number of rotatable bonds is 5. The van der Waals surface area contributed by atoms with E-state index in [1.165, 1.54) is 53.1 Å². The highest BCUT2D eigenvalue weighted by Gasteiger charge is 2.17. The van der Waals surface area contributed by atoms with E-state index in [0.29, 0.717) is 17.5 Å². The summed E-state index contributed by atoms with van der Waals surface area (Å²) >= 11 is 1.82. The van der Waals surface area contributed by atoms with Gasteiger partial charge in [0.05, 0.1) is 11.0 Å². The smallest absolute Gasteiger partial charge is 0.164 e. The van der Waals surface area contributed by atoms with Gasteiger partial charge >= 0.3 is 0 Å². The van der Waals surface area contributed by atoms with Gasteiger partial charge in [0.15, 0.2) is 17.5 Å². The first-order chi connectivity index (χ1) is 24.8. The third kappa shape index (κ3) is 4.79. The topological polar surface area (TPSA) is 43.6 Å². The Morgan fingerprint density at radius 2 is 0.860 bits per heavy atom. The molecule has 0 aliphatic rings. The molecule has 0 aliphatic carbocycles. The van der Waals surface area contributed by atoms with E-state index in [0.717, 1.165) is 22.4 Å². The van der Waals surface area contributed by atoms with Gasteiger partial charge in [0.2, 0.25) is 0 Å². The standard InChI is InChI=1S/C45H28N4S/c1-4-12-29(13-5-1)32-20-23-36-35-18-10-11-19-39(35)49(40(36)27-32)34-22-25-42-38(28-34)37-26-33(21-24-41(37)50-42)45-47-43(30-14-6-2-7-15-30)46-44(48-45)31-16-8-3-9-17-31/h1-28H. The molecule has 0 amide bonds. The zero-order valence-electron chi connectivity index (χ0n) is 26.9. The van der Waals surface area contributed by atoms with E-state index in [2.05, 4.69) is 114 Å². The lowest BCUT2D eigenvalue weighted by Gasteiger charge is -2.10. The monoisotopic (exact) mass is 656 g/mol. The molecule has 0 radical (unpaired) electrons. The van der Waals surface area contributed by atoms with E-state index in [9.17, 15) is 0 Å². The summed E-state index contributed by atoms with van der Waals surface area (Å²) in [5.41, 5.74) is 8.82. The van der Waals surface area contributed by atoms with Crippen LogP contribution in [0.3, 0.4) is 0 Å². The third-order valence-electron chi connectivity index (χ3n) is 9.45. The van der Waals surface area contributed by atoms with E-state index >= 15 is 0 Å². The lowest BCUT2D eigenvalue weighted by molar-refractivity contribution is 1.07. The first-order valence-corrected chi connectivity index (χ1v) is 17.5. The maximum absolute atomic E-state index is 5.01. The molecule has 0 fully saturated rings. The highest BCUT2D eigenvalue weighted by atomic mass is 32.1. The maximum Gasteiger partial charge on any atom is 0.164 e. The predicted molar refractivity (Wildman–Crippen MR) is 209 cm³/mol. The molecule has 3 heterocycles. The molecule has 0 spiro atoms. The maximum atomic E-state index is 5.01. The van der Waals surface area contributed by atoms with Crippen LogP contribution in [0.2, 0.25) is 0 Å². The summed E-state index contributed by atoms with van der Waals surface area (Å²) in [6, 6.07) is 59.8. The van der Waals surface area contributed by atoms with Crippen LogP contribution in [0.4, 0.5) is 0 Å². The molecule has 0 atom stereocenters. The van der Waals surface area contributed by atoms with Gasteiger partial charge in [-0.25, -0.2) is 15.0 Å². The van der Waals surface area contributed by atoms with E-state index < -0.39 is 0 Å². The molecule has 0 unspecified atom stereocenters. The summed E-state index contributed by atoms with van der Waals surface area (Å²) in [5, 5.41) is 4.90. The van der Waals surface area contributed by atoms with E-state index in [4.69, 9.17) is 15.0 Å². The van der Waals surface area contributed by atoms with Crippen molar-refractivity contribution in [3.63, 3.8) is 0 Å². The zero-order valence-corrected chi connectivity index (χ0v) is 27.7. The highest BCUT2D eigenvalue weighted by molar-refractivity contribution is 7.25. The molecule has 50 heavy (non-hydrogen) atoms. The molecule has 3 aromatic heterocycles. The molecule has 7 aromatic carbocycles. The van der Waals surface area contributed by atoms with Gasteiger partial charge in [0, 0.05) is 53.3 Å². The Balaban J connectivity index is 1.16. The average Bonchev–Trinajstić information content (AvgIpc) is 3.73. The minimum absolute atomic E-state index is 0.658. The van der Waals surface area contributed by atoms with Gasteiger partial charge in [0.1, 0.15) is 0 Å². The van der Waals surface area contributed by atoms with Crippen molar-refractivity contribution >= 4 is 53.3 Å². The second kappa shape index (κ2) is 11.6. The van der Waals surface area contributed by atoms with E-state index in [1.807, 2.05) is 72.0 Å². The minimum Gasteiger partial charge on any atom is -0.309 e. The lowest BCUT2D eigenvalue weighted by atomic mass is 10.0. The van der Waals surface area contributed by atoms with Crippen molar-refractivity contribution in [1.82, 2.24) is 19.5 Å². The lowest BCUT2D eigenvalue weighted by Crippen LogP contribution is -2.00. The second-order valence-electron chi connectivity index (χ2n) is 12.5. The van der Waals surface area contributed by atoms with Gasteiger partial charge in [0.25, 0.3) is 0 Å². The zero-order chi connectivity index (χ0) is 33.0. The van der Waals surface area contributed by atoms with Crippen LogP contribution in [0.1, 0.15) is 0 Å². The fraction of sp³-hybridized carbons (Fsp3) is 0. The molecule has 0 aliphatic heterocycles. The molecular formula is C45H28N4S. The van der Waals surface area contributed by atoms with Crippen molar-refractivity contribution in [2.24, 2.45) is 0 Å². The second-order valence-corrected chi connectivity index (χ2v) is 13.6. The summed E-state index contributed by atoms with van der Waals surface area (Å²) in [7, 11) is 0. The van der Waals surface area contributed by atoms with Crippen LogP contribution >= 0.6 is 11.3 Å². The van der Waals surface area contributed by atoms with Crippen molar-refractivity contribution < 1.29 is 0 Å². The molecule has 0 N–H and O–H groups in total. The first kappa shape index (κ1) is 28.6. The largest absolute Gasteiger partial charge is 0.309 e. The van der Waals surface area contributed by atoms with Crippen molar-refractivity contribution in [2.45, 2.75) is 0 Å². The van der Waals surface area contributed by atoms with Crippen LogP contribution < -0.4 is 0 Å². The Kier molecular flexibility index (Phi) is 6.64. The van der Waals surface area contributed by atoms with Crippen LogP contribution in [0.15, 0.2) is 170 Å². The predicted octanol–water partition coefficient (Wildman–Crippen LogP) is 12.0. The van der Waals surface area contributed by atoms with Gasteiger partial charge in [-0.1, -0.05) is 121 Å². The van der Waals surface area contributed by atoms with Crippen molar-refractivity contribution in [3.8, 4) is 51.0 Å². The summed E-state index contributed by atoms with van der Waals surface area (Å²) in [5.74, 6) is 1.98. The quantitative estimate of drug-likeness (QED) is 0.185. The number of hydrogen-bond donors (Lipinski definition) is 0. The SMILES string of the molecule is c1ccc(-c2ccc3c4ccccc4n(-c4ccc5sc6ccc(-c7nc(-c8ccccc8)nc(-c8ccccc8)n7)cc6c5c4)c3c2)cc1.